The quantitative estimate of drug-likeness (QED) is 0.721. The third-order valence-electron chi connectivity index (χ3n) is 8.50. The average molecular weight is 391 g/mol. The molecule has 1 heterocycles. The van der Waals surface area contributed by atoms with Gasteiger partial charge in [0.25, 0.3) is 0 Å². The van der Waals surface area contributed by atoms with Crippen molar-refractivity contribution < 1.29 is 19.7 Å². The van der Waals surface area contributed by atoms with Crippen LogP contribution in [0.1, 0.15) is 72.1 Å². The Kier molecular flexibility index (Phi) is 5.84. The van der Waals surface area contributed by atoms with E-state index in [1.54, 1.807) is 0 Å². The second-order valence-electron chi connectivity index (χ2n) is 9.86. The summed E-state index contributed by atoms with van der Waals surface area (Å²) >= 11 is 0. The summed E-state index contributed by atoms with van der Waals surface area (Å²) in [4.78, 5) is 0. The SMILES string of the molecule is CCC1[C@H]2[C@H](C#C[C@@H](O)C3CCCCC3)[C@@H](O)CC[C@@]2(C(C)C)C12OCCO2. The smallest absolute Gasteiger partial charge is 0.177 e. The van der Waals surface area contributed by atoms with Crippen molar-refractivity contribution in [1.29, 1.82) is 0 Å². The molecule has 4 rings (SSSR count). The van der Waals surface area contributed by atoms with Gasteiger partial charge in [0, 0.05) is 11.3 Å². The summed E-state index contributed by atoms with van der Waals surface area (Å²) in [5.74, 6) is 7.21. The fraction of sp³-hybridized carbons (Fsp3) is 0.917. The van der Waals surface area contributed by atoms with Gasteiger partial charge in [0.15, 0.2) is 5.79 Å². The molecule has 1 spiro atoms. The van der Waals surface area contributed by atoms with E-state index in [1.807, 2.05) is 0 Å². The van der Waals surface area contributed by atoms with E-state index < -0.39 is 18.0 Å². The molecule has 28 heavy (non-hydrogen) atoms. The predicted octanol–water partition coefficient (Wildman–Crippen LogP) is 3.74. The van der Waals surface area contributed by atoms with Crippen molar-refractivity contribution in [2.24, 2.45) is 35.0 Å². The number of hydrogen-bond acceptors (Lipinski definition) is 4. The predicted molar refractivity (Wildman–Crippen MR) is 108 cm³/mol. The zero-order valence-corrected chi connectivity index (χ0v) is 17.8. The van der Waals surface area contributed by atoms with Crippen molar-refractivity contribution >= 4 is 0 Å². The lowest BCUT2D eigenvalue weighted by atomic mass is 9.37. The van der Waals surface area contributed by atoms with Gasteiger partial charge in [-0.15, -0.1) is 0 Å². The molecule has 1 saturated heterocycles. The highest BCUT2D eigenvalue weighted by Crippen LogP contribution is 2.72. The molecule has 1 aliphatic heterocycles. The maximum Gasteiger partial charge on any atom is 0.177 e. The number of hydrogen-bond donors (Lipinski definition) is 2. The lowest BCUT2D eigenvalue weighted by Gasteiger charge is -2.71. The molecule has 2 N–H and O–H groups in total. The Morgan fingerprint density at radius 2 is 1.75 bits per heavy atom. The summed E-state index contributed by atoms with van der Waals surface area (Å²) in [5.41, 5.74) is -0.0848. The number of aliphatic hydroxyl groups excluding tert-OH is 2. The summed E-state index contributed by atoms with van der Waals surface area (Å²) in [7, 11) is 0. The second-order valence-corrected chi connectivity index (χ2v) is 9.86. The Morgan fingerprint density at radius 1 is 1.07 bits per heavy atom. The molecule has 0 bridgehead atoms. The second kappa shape index (κ2) is 7.91. The maximum atomic E-state index is 10.9. The molecule has 0 aromatic heterocycles. The zero-order valence-electron chi connectivity index (χ0n) is 17.8. The summed E-state index contributed by atoms with van der Waals surface area (Å²) in [6, 6.07) is 0. The molecule has 6 atom stereocenters. The number of aliphatic hydroxyl groups is 2. The molecule has 0 aromatic rings. The molecule has 1 unspecified atom stereocenters. The van der Waals surface area contributed by atoms with E-state index in [-0.39, 0.29) is 23.2 Å². The lowest BCUT2D eigenvalue weighted by molar-refractivity contribution is -0.403. The first kappa shape index (κ1) is 20.7. The zero-order chi connectivity index (χ0) is 19.9. The van der Waals surface area contributed by atoms with Crippen LogP contribution in [0.15, 0.2) is 0 Å². The van der Waals surface area contributed by atoms with E-state index in [0.29, 0.717) is 25.0 Å². The fourth-order valence-corrected chi connectivity index (χ4v) is 7.24. The topological polar surface area (TPSA) is 58.9 Å². The van der Waals surface area contributed by atoms with Gasteiger partial charge in [0.1, 0.15) is 6.10 Å². The first-order valence-corrected chi connectivity index (χ1v) is 11.6. The van der Waals surface area contributed by atoms with E-state index in [4.69, 9.17) is 9.47 Å². The lowest BCUT2D eigenvalue weighted by Crippen LogP contribution is -2.76. The van der Waals surface area contributed by atoms with Gasteiger partial charge in [-0.05, 0) is 49.9 Å². The summed E-state index contributed by atoms with van der Waals surface area (Å²) in [6.45, 7) is 8.06. The number of ether oxygens (including phenoxy) is 2. The molecular weight excluding hydrogens is 352 g/mol. The molecule has 0 amide bonds. The fourth-order valence-electron chi connectivity index (χ4n) is 7.24. The van der Waals surface area contributed by atoms with Gasteiger partial charge in [0.05, 0.1) is 25.2 Å². The van der Waals surface area contributed by atoms with E-state index >= 15 is 0 Å². The molecule has 4 heteroatoms. The Morgan fingerprint density at radius 3 is 2.36 bits per heavy atom. The Labute approximate surface area is 170 Å². The van der Waals surface area contributed by atoms with Crippen molar-refractivity contribution in [3.63, 3.8) is 0 Å². The maximum absolute atomic E-state index is 10.9. The molecule has 4 nitrogen and oxygen atoms in total. The van der Waals surface area contributed by atoms with Gasteiger partial charge >= 0.3 is 0 Å². The van der Waals surface area contributed by atoms with Crippen LogP contribution < -0.4 is 0 Å². The van der Waals surface area contributed by atoms with Crippen LogP contribution in [0.2, 0.25) is 0 Å². The highest BCUT2D eigenvalue weighted by atomic mass is 16.7. The summed E-state index contributed by atoms with van der Waals surface area (Å²) in [6.07, 6.45) is 7.47. The van der Waals surface area contributed by atoms with Crippen LogP contribution >= 0.6 is 0 Å². The van der Waals surface area contributed by atoms with Gasteiger partial charge < -0.3 is 19.7 Å². The van der Waals surface area contributed by atoms with E-state index in [0.717, 1.165) is 32.1 Å². The first-order chi connectivity index (χ1) is 13.5. The number of rotatable bonds is 3. The highest BCUT2D eigenvalue weighted by Gasteiger charge is 2.77. The van der Waals surface area contributed by atoms with Gasteiger partial charge in [0.2, 0.25) is 0 Å². The molecule has 4 fully saturated rings. The minimum atomic E-state index is -0.559. The number of fused-ring (bicyclic) bond motifs is 2. The van der Waals surface area contributed by atoms with Gasteiger partial charge in [-0.1, -0.05) is 51.9 Å². The Balaban J connectivity index is 1.62. The van der Waals surface area contributed by atoms with Crippen molar-refractivity contribution in [3.8, 4) is 11.8 Å². The van der Waals surface area contributed by atoms with E-state index in [2.05, 4.69) is 32.6 Å². The minimum Gasteiger partial charge on any atom is -0.392 e. The molecule has 158 valence electrons. The van der Waals surface area contributed by atoms with Crippen molar-refractivity contribution in [3.05, 3.63) is 0 Å². The molecule has 4 aliphatic rings. The van der Waals surface area contributed by atoms with Crippen molar-refractivity contribution in [2.75, 3.05) is 13.2 Å². The Hall–Kier alpha value is -0.600. The standard InChI is InChI=1S/C24H38O4/c1-4-19-22-18(10-11-20(25)17-8-6-5-7-9-17)21(26)12-13-23(22,16(2)3)24(19)27-14-15-28-24/h16-22,25-26H,4-9,12-15H2,1-3H3/t18-,19?,20-,21+,22-,23+/m1/s1. The van der Waals surface area contributed by atoms with Gasteiger partial charge in [-0.25, -0.2) is 0 Å². The molecular formula is C24H38O4. The van der Waals surface area contributed by atoms with Crippen molar-refractivity contribution in [1.82, 2.24) is 0 Å². The normalized spacial score (nSPS) is 41.2. The largest absolute Gasteiger partial charge is 0.392 e. The van der Waals surface area contributed by atoms with Crippen LogP contribution in [0, 0.1) is 46.8 Å². The van der Waals surface area contributed by atoms with Gasteiger partial charge in [-0.3, -0.25) is 0 Å². The van der Waals surface area contributed by atoms with Crippen LogP contribution in [-0.2, 0) is 9.47 Å². The van der Waals surface area contributed by atoms with Crippen LogP contribution in [0.5, 0.6) is 0 Å². The first-order valence-electron chi connectivity index (χ1n) is 11.6. The summed E-state index contributed by atoms with van der Waals surface area (Å²) in [5, 5.41) is 21.5. The molecule has 0 radical (unpaired) electrons. The third-order valence-corrected chi connectivity index (χ3v) is 8.50. The van der Waals surface area contributed by atoms with Gasteiger partial charge in [-0.2, -0.15) is 0 Å². The average Bonchev–Trinajstić information content (AvgIpc) is 3.20. The molecule has 3 aliphatic carbocycles. The van der Waals surface area contributed by atoms with Crippen LogP contribution in [0.25, 0.3) is 0 Å². The van der Waals surface area contributed by atoms with E-state index in [1.165, 1.54) is 19.3 Å². The summed E-state index contributed by atoms with van der Waals surface area (Å²) < 4.78 is 12.6. The minimum absolute atomic E-state index is 0.0848. The molecule has 3 saturated carbocycles. The highest BCUT2D eigenvalue weighted by molar-refractivity contribution is 5.26. The monoisotopic (exact) mass is 390 g/mol. The van der Waals surface area contributed by atoms with Crippen LogP contribution in [0.3, 0.4) is 0 Å². The van der Waals surface area contributed by atoms with Crippen LogP contribution in [0.4, 0.5) is 0 Å². The molecule has 0 aromatic carbocycles. The Bertz CT molecular complexity index is 608. The van der Waals surface area contributed by atoms with Crippen LogP contribution in [-0.4, -0.2) is 41.4 Å². The van der Waals surface area contributed by atoms with E-state index in [9.17, 15) is 10.2 Å². The third kappa shape index (κ3) is 2.88. The van der Waals surface area contributed by atoms with Crippen molar-refractivity contribution in [2.45, 2.75) is 90.1 Å².